The highest BCUT2D eigenvalue weighted by Gasteiger charge is 2.27. The Morgan fingerprint density at radius 1 is 1.53 bits per heavy atom. The van der Waals surface area contributed by atoms with Gasteiger partial charge in [0.15, 0.2) is 0 Å². The molecular weight excluding hydrogens is 246 g/mol. The van der Waals surface area contributed by atoms with Gasteiger partial charge in [-0.1, -0.05) is 30.3 Å². The highest BCUT2D eigenvalue weighted by Crippen LogP contribution is 2.11. The maximum atomic E-state index is 11.9. The summed E-state index contributed by atoms with van der Waals surface area (Å²) in [6.07, 6.45) is -1.29. The van der Waals surface area contributed by atoms with E-state index < -0.39 is 6.10 Å². The number of nitrogens with zero attached hydrogens (tertiary/aromatic N) is 1. The Labute approximate surface area is 112 Å². The molecule has 2 rings (SSSR count). The standard InChI is InChI=1S/C14H19NO4/c1-11(16)13-9-15(7-8-18-13)14(17)19-10-12-5-3-2-4-6-12/h2-6,11,13,16H,7-10H2,1H3/t11-,13?/m0/s1. The van der Waals surface area contributed by atoms with E-state index in [0.29, 0.717) is 19.7 Å². The van der Waals surface area contributed by atoms with E-state index in [2.05, 4.69) is 0 Å². The third kappa shape index (κ3) is 3.94. The Morgan fingerprint density at radius 2 is 2.26 bits per heavy atom. The highest BCUT2D eigenvalue weighted by molar-refractivity contribution is 5.67. The molecule has 5 heteroatoms. The summed E-state index contributed by atoms with van der Waals surface area (Å²) >= 11 is 0. The van der Waals surface area contributed by atoms with Crippen LogP contribution < -0.4 is 0 Å². The van der Waals surface area contributed by atoms with Gasteiger partial charge in [-0.25, -0.2) is 4.79 Å². The van der Waals surface area contributed by atoms with E-state index in [-0.39, 0.29) is 18.8 Å². The van der Waals surface area contributed by atoms with Crippen molar-refractivity contribution in [3.63, 3.8) is 0 Å². The number of hydrogen-bond acceptors (Lipinski definition) is 4. The number of carbonyl (C=O) groups excluding carboxylic acids is 1. The Bertz CT molecular complexity index is 407. The second-order valence-corrected chi connectivity index (χ2v) is 4.64. The third-order valence-electron chi connectivity index (χ3n) is 3.09. The van der Waals surface area contributed by atoms with Gasteiger partial charge in [-0.05, 0) is 12.5 Å². The topological polar surface area (TPSA) is 59.0 Å². The molecule has 104 valence electrons. The van der Waals surface area contributed by atoms with Gasteiger partial charge in [0, 0.05) is 6.54 Å². The first-order valence-corrected chi connectivity index (χ1v) is 6.42. The number of amides is 1. The molecule has 1 aliphatic rings. The molecule has 0 bridgehead atoms. The van der Waals surface area contributed by atoms with Gasteiger partial charge in [0.05, 0.1) is 19.3 Å². The predicted octanol–water partition coefficient (Wildman–Crippen LogP) is 1.40. The molecule has 1 aromatic carbocycles. The summed E-state index contributed by atoms with van der Waals surface area (Å²) in [5.41, 5.74) is 0.955. The molecule has 1 amide bonds. The van der Waals surface area contributed by atoms with Gasteiger partial charge in [-0.3, -0.25) is 0 Å². The number of carbonyl (C=O) groups is 1. The number of benzene rings is 1. The number of ether oxygens (including phenoxy) is 2. The number of hydrogen-bond donors (Lipinski definition) is 1. The Morgan fingerprint density at radius 3 is 2.95 bits per heavy atom. The third-order valence-corrected chi connectivity index (χ3v) is 3.09. The van der Waals surface area contributed by atoms with Crippen molar-refractivity contribution in [2.45, 2.75) is 25.7 Å². The van der Waals surface area contributed by atoms with Gasteiger partial charge in [0.1, 0.15) is 12.7 Å². The van der Waals surface area contributed by atoms with E-state index in [1.165, 1.54) is 0 Å². The number of aliphatic hydroxyl groups is 1. The van der Waals surface area contributed by atoms with Crippen LogP contribution in [0, 0.1) is 0 Å². The van der Waals surface area contributed by atoms with Crippen molar-refractivity contribution >= 4 is 6.09 Å². The van der Waals surface area contributed by atoms with E-state index >= 15 is 0 Å². The lowest BCUT2D eigenvalue weighted by Crippen LogP contribution is -2.49. The van der Waals surface area contributed by atoms with E-state index in [9.17, 15) is 9.90 Å². The first-order chi connectivity index (χ1) is 9.16. The average molecular weight is 265 g/mol. The molecule has 0 aliphatic carbocycles. The molecular formula is C14H19NO4. The summed E-state index contributed by atoms with van der Waals surface area (Å²) in [7, 11) is 0. The SMILES string of the molecule is C[C@H](O)C1CN(C(=O)OCc2ccccc2)CCO1. The minimum Gasteiger partial charge on any atom is -0.445 e. The van der Waals surface area contributed by atoms with Gasteiger partial charge in [0.25, 0.3) is 0 Å². The summed E-state index contributed by atoms with van der Waals surface area (Å²) in [4.78, 5) is 13.5. The maximum Gasteiger partial charge on any atom is 0.410 e. The molecule has 1 aromatic rings. The Balaban J connectivity index is 1.83. The van der Waals surface area contributed by atoms with Crippen LogP contribution in [0.3, 0.4) is 0 Å². The van der Waals surface area contributed by atoms with Gasteiger partial charge in [0.2, 0.25) is 0 Å². The minimum atomic E-state index is -0.593. The molecule has 1 heterocycles. The predicted molar refractivity (Wildman–Crippen MR) is 69.6 cm³/mol. The van der Waals surface area contributed by atoms with Crippen LogP contribution in [0.4, 0.5) is 4.79 Å². The average Bonchev–Trinajstić information content (AvgIpc) is 2.46. The van der Waals surface area contributed by atoms with Crippen molar-refractivity contribution in [1.29, 1.82) is 0 Å². The fraction of sp³-hybridized carbons (Fsp3) is 0.500. The molecule has 19 heavy (non-hydrogen) atoms. The fourth-order valence-corrected chi connectivity index (χ4v) is 1.94. The van der Waals surface area contributed by atoms with Crippen molar-refractivity contribution < 1.29 is 19.4 Å². The van der Waals surface area contributed by atoms with Crippen molar-refractivity contribution in [3.05, 3.63) is 35.9 Å². The van der Waals surface area contributed by atoms with E-state index in [4.69, 9.17) is 9.47 Å². The quantitative estimate of drug-likeness (QED) is 0.897. The van der Waals surface area contributed by atoms with E-state index in [0.717, 1.165) is 5.56 Å². The van der Waals surface area contributed by atoms with Gasteiger partial charge in [-0.15, -0.1) is 0 Å². The lowest BCUT2D eigenvalue weighted by atomic mass is 10.2. The minimum absolute atomic E-state index is 0.260. The van der Waals surface area contributed by atoms with Gasteiger partial charge in [-0.2, -0.15) is 0 Å². The molecule has 0 radical (unpaired) electrons. The molecule has 1 aliphatic heterocycles. The van der Waals surface area contributed by atoms with E-state index in [1.54, 1.807) is 11.8 Å². The largest absolute Gasteiger partial charge is 0.445 e. The Kier molecular flexibility index (Phi) is 4.76. The lowest BCUT2D eigenvalue weighted by molar-refractivity contribution is -0.0788. The molecule has 1 saturated heterocycles. The van der Waals surface area contributed by atoms with Crippen molar-refractivity contribution in [2.24, 2.45) is 0 Å². The number of rotatable bonds is 3. The second kappa shape index (κ2) is 6.54. The van der Waals surface area contributed by atoms with E-state index in [1.807, 2.05) is 30.3 Å². The van der Waals surface area contributed by atoms with Crippen LogP contribution in [0.1, 0.15) is 12.5 Å². The van der Waals surface area contributed by atoms with Crippen LogP contribution in [0.25, 0.3) is 0 Å². The van der Waals surface area contributed by atoms with Crippen molar-refractivity contribution in [3.8, 4) is 0 Å². The molecule has 1 fully saturated rings. The molecule has 0 aromatic heterocycles. The van der Waals surface area contributed by atoms with Gasteiger partial charge >= 0.3 is 6.09 Å². The summed E-state index contributed by atoms with van der Waals surface area (Å²) in [6.45, 7) is 3.21. The first kappa shape index (κ1) is 13.8. The van der Waals surface area contributed by atoms with Gasteiger partial charge < -0.3 is 19.5 Å². The molecule has 2 atom stereocenters. The normalized spacial score (nSPS) is 20.9. The maximum absolute atomic E-state index is 11.9. The van der Waals surface area contributed by atoms with Crippen LogP contribution in [0.5, 0.6) is 0 Å². The highest BCUT2D eigenvalue weighted by atomic mass is 16.6. The van der Waals surface area contributed by atoms with Crippen molar-refractivity contribution in [2.75, 3.05) is 19.7 Å². The van der Waals surface area contributed by atoms with Crippen LogP contribution in [-0.2, 0) is 16.1 Å². The number of aliphatic hydroxyl groups excluding tert-OH is 1. The molecule has 5 nitrogen and oxygen atoms in total. The molecule has 0 saturated carbocycles. The summed E-state index contributed by atoms with van der Waals surface area (Å²) in [5.74, 6) is 0. The number of morpholine rings is 1. The first-order valence-electron chi connectivity index (χ1n) is 6.42. The van der Waals surface area contributed by atoms with Crippen molar-refractivity contribution in [1.82, 2.24) is 4.90 Å². The monoisotopic (exact) mass is 265 g/mol. The lowest BCUT2D eigenvalue weighted by Gasteiger charge is -2.33. The Hall–Kier alpha value is -1.59. The summed E-state index contributed by atoms with van der Waals surface area (Å²) < 4.78 is 10.6. The zero-order valence-electron chi connectivity index (χ0n) is 11.0. The second-order valence-electron chi connectivity index (χ2n) is 4.64. The van der Waals surface area contributed by atoms with Crippen LogP contribution in [0.2, 0.25) is 0 Å². The van der Waals surface area contributed by atoms with Crippen LogP contribution >= 0.6 is 0 Å². The fourth-order valence-electron chi connectivity index (χ4n) is 1.94. The molecule has 1 unspecified atom stereocenters. The van der Waals surface area contributed by atoms with Crippen LogP contribution in [-0.4, -0.2) is 48.0 Å². The molecule has 1 N–H and O–H groups in total. The molecule has 0 spiro atoms. The zero-order valence-corrected chi connectivity index (χ0v) is 11.0. The summed E-state index contributed by atoms with van der Waals surface area (Å²) in [5, 5.41) is 9.48. The zero-order chi connectivity index (χ0) is 13.7. The smallest absolute Gasteiger partial charge is 0.410 e. The van der Waals surface area contributed by atoms with Crippen LogP contribution in [0.15, 0.2) is 30.3 Å². The summed E-state index contributed by atoms with van der Waals surface area (Å²) in [6, 6.07) is 9.54.